The molecule has 8 heteroatoms. The van der Waals surface area contributed by atoms with Crippen LogP contribution in [0.2, 0.25) is 0 Å². The second-order valence-electron chi connectivity index (χ2n) is 4.82. The second kappa shape index (κ2) is 7.14. The molecule has 7 nitrogen and oxygen atoms in total. The third kappa shape index (κ3) is 4.11. The molecule has 0 radical (unpaired) electrons. The van der Waals surface area contributed by atoms with E-state index in [1.807, 2.05) is 5.48 Å². The molecule has 0 spiro atoms. The van der Waals surface area contributed by atoms with Gasteiger partial charge in [-0.3, -0.25) is 4.79 Å². The van der Waals surface area contributed by atoms with E-state index in [9.17, 15) is 18.0 Å². The third-order valence-electron chi connectivity index (χ3n) is 3.11. The van der Waals surface area contributed by atoms with Gasteiger partial charge in [0.15, 0.2) is 9.84 Å². The van der Waals surface area contributed by atoms with Crippen molar-refractivity contribution < 1.29 is 27.6 Å². The highest BCUT2D eigenvalue weighted by Crippen LogP contribution is 2.17. The van der Waals surface area contributed by atoms with Gasteiger partial charge in [0.2, 0.25) is 0 Å². The Morgan fingerprint density at radius 3 is 2.21 bits per heavy atom. The van der Waals surface area contributed by atoms with Crippen LogP contribution >= 0.6 is 0 Å². The van der Waals surface area contributed by atoms with Gasteiger partial charge in [0.1, 0.15) is 5.75 Å². The monoisotopic (exact) mass is 349 g/mol. The lowest BCUT2D eigenvalue weighted by Crippen LogP contribution is -2.27. The predicted molar refractivity (Wildman–Crippen MR) is 85.4 cm³/mol. The van der Waals surface area contributed by atoms with Crippen LogP contribution in [0.1, 0.15) is 20.7 Å². The van der Waals surface area contributed by atoms with Gasteiger partial charge >= 0.3 is 5.97 Å². The van der Waals surface area contributed by atoms with Gasteiger partial charge in [-0.2, -0.15) is 5.48 Å². The molecule has 2 aromatic rings. The smallest absolute Gasteiger partial charge is 0.362 e. The average Bonchev–Trinajstić information content (AvgIpc) is 2.58. The summed E-state index contributed by atoms with van der Waals surface area (Å²) >= 11 is 0. The second-order valence-corrected chi connectivity index (χ2v) is 6.83. The highest BCUT2D eigenvalue weighted by atomic mass is 32.2. The SMILES string of the molecule is COc1ccccc1C(=O)NOC(=O)c1ccc(S(C)(=O)=O)cc1. The van der Waals surface area contributed by atoms with Crippen molar-refractivity contribution in [3.63, 3.8) is 0 Å². The summed E-state index contributed by atoms with van der Waals surface area (Å²) in [4.78, 5) is 28.7. The Hall–Kier alpha value is -2.87. The number of sulfone groups is 1. The number of nitrogens with one attached hydrogen (secondary N) is 1. The lowest BCUT2D eigenvalue weighted by atomic mass is 10.2. The van der Waals surface area contributed by atoms with Crippen LogP contribution in [0.3, 0.4) is 0 Å². The first-order valence-electron chi connectivity index (χ1n) is 6.77. The van der Waals surface area contributed by atoms with E-state index in [-0.39, 0.29) is 16.0 Å². The molecule has 1 amide bonds. The molecule has 126 valence electrons. The number of hydrogen-bond donors (Lipinski definition) is 1. The molecule has 0 unspecified atom stereocenters. The number of methoxy groups -OCH3 is 1. The Bertz CT molecular complexity index is 858. The maximum atomic E-state index is 12.0. The minimum absolute atomic E-state index is 0.0807. The Labute approximate surface area is 139 Å². The molecular formula is C16H15NO6S. The van der Waals surface area contributed by atoms with Crippen molar-refractivity contribution >= 4 is 21.7 Å². The van der Waals surface area contributed by atoms with E-state index in [1.54, 1.807) is 18.2 Å². The van der Waals surface area contributed by atoms with Crippen molar-refractivity contribution in [2.24, 2.45) is 0 Å². The van der Waals surface area contributed by atoms with E-state index in [1.165, 1.54) is 37.4 Å². The van der Waals surface area contributed by atoms with Crippen LogP contribution in [0.4, 0.5) is 0 Å². The number of hydroxylamine groups is 1. The highest BCUT2D eigenvalue weighted by molar-refractivity contribution is 7.90. The van der Waals surface area contributed by atoms with Crippen LogP contribution in [-0.2, 0) is 14.7 Å². The molecule has 0 heterocycles. The summed E-state index contributed by atoms with van der Waals surface area (Å²) in [6.07, 6.45) is 1.06. The number of hydrogen-bond acceptors (Lipinski definition) is 6. The normalized spacial score (nSPS) is 10.8. The minimum Gasteiger partial charge on any atom is -0.496 e. The first kappa shape index (κ1) is 17.5. The Balaban J connectivity index is 2.04. The van der Waals surface area contributed by atoms with Gasteiger partial charge in [0.25, 0.3) is 5.91 Å². The lowest BCUT2D eigenvalue weighted by molar-refractivity contribution is 0.0229. The van der Waals surface area contributed by atoms with Crippen molar-refractivity contribution in [3.05, 3.63) is 59.7 Å². The van der Waals surface area contributed by atoms with Gasteiger partial charge in [-0.05, 0) is 36.4 Å². The highest BCUT2D eigenvalue weighted by Gasteiger charge is 2.15. The summed E-state index contributed by atoms with van der Waals surface area (Å²) in [6.45, 7) is 0. The molecule has 0 saturated heterocycles. The van der Waals surface area contributed by atoms with Crippen LogP contribution < -0.4 is 10.2 Å². The molecule has 0 aliphatic carbocycles. The Kier molecular flexibility index (Phi) is 5.20. The molecular weight excluding hydrogens is 334 g/mol. The van der Waals surface area contributed by atoms with E-state index in [0.29, 0.717) is 5.75 Å². The quantitative estimate of drug-likeness (QED) is 0.842. The lowest BCUT2D eigenvalue weighted by Gasteiger charge is -2.09. The van der Waals surface area contributed by atoms with Crippen LogP contribution in [0, 0.1) is 0 Å². The van der Waals surface area contributed by atoms with Crippen molar-refractivity contribution in [2.45, 2.75) is 4.90 Å². The van der Waals surface area contributed by atoms with Crippen molar-refractivity contribution in [3.8, 4) is 5.75 Å². The maximum absolute atomic E-state index is 12.0. The Morgan fingerprint density at radius 1 is 1.00 bits per heavy atom. The molecule has 2 aromatic carbocycles. The van der Waals surface area contributed by atoms with Gasteiger partial charge in [-0.1, -0.05) is 12.1 Å². The van der Waals surface area contributed by atoms with E-state index in [4.69, 9.17) is 9.57 Å². The van der Waals surface area contributed by atoms with E-state index in [2.05, 4.69) is 0 Å². The number of benzene rings is 2. The number of rotatable bonds is 4. The van der Waals surface area contributed by atoms with Gasteiger partial charge < -0.3 is 9.57 Å². The Morgan fingerprint density at radius 2 is 1.62 bits per heavy atom. The van der Waals surface area contributed by atoms with Crippen LogP contribution in [0.25, 0.3) is 0 Å². The summed E-state index contributed by atoms with van der Waals surface area (Å²) in [7, 11) is -1.93. The molecule has 0 aliphatic rings. The van der Waals surface area contributed by atoms with E-state index in [0.717, 1.165) is 6.26 Å². The number of amides is 1. The summed E-state index contributed by atoms with van der Waals surface area (Å²) in [5, 5.41) is 0. The summed E-state index contributed by atoms with van der Waals surface area (Å²) in [5.74, 6) is -1.13. The van der Waals surface area contributed by atoms with Gasteiger partial charge in [-0.25, -0.2) is 13.2 Å². The molecule has 2 rings (SSSR count). The van der Waals surface area contributed by atoms with Crippen LogP contribution in [0.5, 0.6) is 5.75 Å². The topological polar surface area (TPSA) is 98.8 Å². The van der Waals surface area contributed by atoms with E-state index >= 15 is 0 Å². The first-order chi connectivity index (χ1) is 11.3. The molecule has 0 aliphatic heterocycles. The maximum Gasteiger partial charge on any atom is 0.362 e. The molecule has 0 saturated carbocycles. The predicted octanol–water partition coefficient (Wildman–Crippen LogP) is 1.60. The largest absolute Gasteiger partial charge is 0.496 e. The fraction of sp³-hybridized carbons (Fsp3) is 0.125. The average molecular weight is 349 g/mol. The molecule has 0 bridgehead atoms. The first-order valence-corrected chi connectivity index (χ1v) is 8.66. The van der Waals surface area contributed by atoms with Gasteiger partial charge in [-0.15, -0.1) is 0 Å². The standard InChI is InChI=1S/C16H15NO6S/c1-22-14-6-4-3-5-13(14)15(18)17-23-16(19)11-7-9-12(10-8-11)24(2,20)21/h3-10H,1-2H3,(H,17,18). The number of para-hydroxylation sites is 1. The number of carbonyl (C=O) groups is 2. The van der Waals surface area contributed by atoms with Gasteiger partial charge in [0.05, 0.1) is 23.1 Å². The van der Waals surface area contributed by atoms with Crippen molar-refractivity contribution in [2.75, 3.05) is 13.4 Å². The number of ether oxygens (including phenoxy) is 1. The van der Waals surface area contributed by atoms with Crippen LogP contribution in [-0.4, -0.2) is 33.7 Å². The van der Waals surface area contributed by atoms with E-state index < -0.39 is 21.7 Å². The molecule has 0 aromatic heterocycles. The van der Waals surface area contributed by atoms with Gasteiger partial charge in [0, 0.05) is 6.26 Å². The zero-order valence-electron chi connectivity index (χ0n) is 13.0. The third-order valence-corrected chi connectivity index (χ3v) is 4.23. The summed E-state index contributed by atoms with van der Waals surface area (Å²) in [6, 6.07) is 11.6. The molecule has 0 fully saturated rings. The number of carbonyl (C=O) groups excluding carboxylic acids is 2. The fourth-order valence-electron chi connectivity index (χ4n) is 1.88. The zero-order valence-corrected chi connectivity index (χ0v) is 13.8. The zero-order chi connectivity index (χ0) is 17.7. The minimum atomic E-state index is -3.35. The van der Waals surface area contributed by atoms with Crippen molar-refractivity contribution in [1.82, 2.24) is 5.48 Å². The van der Waals surface area contributed by atoms with Crippen LogP contribution in [0.15, 0.2) is 53.4 Å². The molecule has 0 atom stereocenters. The molecule has 1 N–H and O–H groups in total. The summed E-state index contributed by atoms with van der Waals surface area (Å²) in [5.41, 5.74) is 2.34. The fourth-order valence-corrected chi connectivity index (χ4v) is 2.51. The molecule has 24 heavy (non-hydrogen) atoms. The van der Waals surface area contributed by atoms with Crippen molar-refractivity contribution in [1.29, 1.82) is 0 Å². The summed E-state index contributed by atoms with van der Waals surface area (Å²) < 4.78 is 27.8.